The third-order valence-corrected chi connectivity index (χ3v) is 4.92. The normalized spacial score (nSPS) is 26.3. The maximum Gasteiger partial charge on any atom is 0.228 e. The van der Waals surface area contributed by atoms with Gasteiger partial charge in [-0.25, -0.2) is 0 Å². The molecule has 2 N–H and O–H groups in total. The Hall–Kier alpha value is -1.06. The molecule has 2 aliphatic rings. The van der Waals surface area contributed by atoms with Gasteiger partial charge in [0.1, 0.15) is 0 Å². The highest BCUT2D eigenvalue weighted by molar-refractivity contribution is 5.86. The molecule has 1 aliphatic heterocycles. The summed E-state index contributed by atoms with van der Waals surface area (Å²) >= 11 is 0. The standard InChI is InChI=1S/C17H24N2O.ClH/c1-2-8-17(9-10-17)16(20)19-11-14(15(18)12-19)13-6-4-3-5-7-13;/h3-7,14-15H,2,8-12,18H2,1H3;1H/t14-,15+;/m0./s1. The molecule has 0 aromatic heterocycles. The highest BCUT2D eigenvalue weighted by Crippen LogP contribution is 2.51. The molecule has 1 saturated carbocycles. The van der Waals surface area contributed by atoms with Crippen LogP contribution in [0.25, 0.3) is 0 Å². The second kappa shape index (κ2) is 6.37. The summed E-state index contributed by atoms with van der Waals surface area (Å²) in [4.78, 5) is 14.7. The summed E-state index contributed by atoms with van der Waals surface area (Å²) in [6.45, 7) is 3.66. The number of likely N-dealkylation sites (tertiary alicyclic amines) is 1. The van der Waals surface area contributed by atoms with Crippen LogP contribution in [0.2, 0.25) is 0 Å². The summed E-state index contributed by atoms with van der Waals surface area (Å²) in [5.41, 5.74) is 7.52. The van der Waals surface area contributed by atoms with Gasteiger partial charge in [-0.2, -0.15) is 0 Å². The molecule has 1 heterocycles. The highest BCUT2D eigenvalue weighted by atomic mass is 35.5. The second-order valence-corrected chi connectivity index (χ2v) is 6.42. The van der Waals surface area contributed by atoms with E-state index in [4.69, 9.17) is 5.73 Å². The van der Waals surface area contributed by atoms with Gasteiger partial charge in [0, 0.05) is 30.5 Å². The lowest BCUT2D eigenvalue weighted by molar-refractivity contribution is -0.136. The van der Waals surface area contributed by atoms with Crippen molar-refractivity contribution in [1.82, 2.24) is 4.90 Å². The molecule has 116 valence electrons. The first kappa shape index (κ1) is 16.3. The first-order valence-electron chi connectivity index (χ1n) is 7.76. The van der Waals surface area contributed by atoms with Gasteiger partial charge in [0.15, 0.2) is 0 Å². The minimum absolute atomic E-state index is 0. The molecule has 1 aliphatic carbocycles. The van der Waals surface area contributed by atoms with Crippen molar-refractivity contribution in [2.45, 2.75) is 44.6 Å². The Morgan fingerprint density at radius 1 is 1.29 bits per heavy atom. The van der Waals surface area contributed by atoms with Crippen molar-refractivity contribution < 1.29 is 4.79 Å². The minimum atomic E-state index is -0.0277. The topological polar surface area (TPSA) is 46.3 Å². The number of halogens is 1. The average Bonchev–Trinajstić information content (AvgIpc) is 3.15. The SMILES string of the molecule is CCCC1(C(=O)N2C[C@@H](N)[C@H](c3ccccc3)C2)CC1.Cl. The maximum atomic E-state index is 12.7. The summed E-state index contributed by atoms with van der Waals surface area (Å²) in [5, 5.41) is 0. The molecule has 2 atom stereocenters. The molecule has 2 fully saturated rings. The van der Waals surface area contributed by atoms with E-state index >= 15 is 0 Å². The van der Waals surface area contributed by atoms with Crippen molar-refractivity contribution in [1.29, 1.82) is 0 Å². The van der Waals surface area contributed by atoms with Crippen LogP contribution in [0.1, 0.15) is 44.1 Å². The van der Waals surface area contributed by atoms with E-state index in [1.165, 1.54) is 5.56 Å². The number of nitrogens with two attached hydrogens (primary N) is 1. The fourth-order valence-electron chi connectivity index (χ4n) is 3.58. The molecular formula is C17H25ClN2O. The van der Waals surface area contributed by atoms with E-state index in [-0.39, 0.29) is 29.8 Å². The van der Waals surface area contributed by atoms with Crippen LogP contribution in [0.5, 0.6) is 0 Å². The molecule has 0 unspecified atom stereocenters. The number of hydrogen-bond acceptors (Lipinski definition) is 2. The van der Waals surface area contributed by atoms with Gasteiger partial charge in [0.2, 0.25) is 5.91 Å². The Kier molecular flexibility index (Phi) is 4.95. The number of carbonyl (C=O) groups is 1. The lowest BCUT2D eigenvalue weighted by Gasteiger charge is -2.23. The zero-order chi connectivity index (χ0) is 14.2. The second-order valence-electron chi connectivity index (χ2n) is 6.42. The molecule has 4 heteroatoms. The van der Waals surface area contributed by atoms with Crippen LogP contribution < -0.4 is 5.73 Å². The number of benzene rings is 1. The lowest BCUT2D eigenvalue weighted by atomic mass is 9.95. The number of carbonyl (C=O) groups excluding carboxylic acids is 1. The van der Waals surface area contributed by atoms with Crippen molar-refractivity contribution >= 4 is 18.3 Å². The largest absolute Gasteiger partial charge is 0.340 e. The van der Waals surface area contributed by atoms with Crippen LogP contribution in [-0.2, 0) is 4.79 Å². The van der Waals surface area contributed by atoms with Gasteiger partial charge in [0.05, 0.1) is 0 Å². The van der Waals surface area contributed by atoms with Gasteiger partial charge < -0.3 is 10.6 Å². The molecule has 1 saturated heterocycles. The van der Waals surface area contributed by atoms with Gasteiger partial charge in [-0.15, -0.1) is 12.4 Å². The average molecular weight is 309 g/mol. The van der Waals surface area contributed by atoms with Crippen LogP contribution in [0.4, 0.5) is 0 Å². The van der Waals surface area contributed by atoms with E-state index in [0.717, 1.165) is 32.2 Å². The predicted molar refractivity (Wildman–Crippen MR) is 87.6 cm³/mol. The van der Waals surface area contributed by atoms with Crippen molar-refractivity contribution in [3.63, 3.8) is 0 Å². The Morgan fingerprint density at radius 2 is 1.95 bits per heavy atom. The highest BCUT2D eigenvalue weighted by Gasteiger charge is 2.52. The van der Waals surface area contributed by atoms with Crippen molar-refractivity contribution in [3.05, 3.63) is 35.9 Å². The molecule has 0 bridgehead atoms. The van der Waals surface area contributed by atoms with Gasteiger partial charge in [0.25, 0.3) is 0 Å². The Labute approximate surface area is 133 Å². The van der Waals surface area contributed by atoms with Gasteiger partial charge in [-0.05, 0) is 24.8 Å². The first-order chi connectivity index (χ1) is 9.66. The fourth-order valence-corrected chi connectivity index (χ4v) is 3.58. The molecule has 0 spiro atoms. The van der Waals surface area contributed by atoms with Crippen LogP contribution in [0.3, 0.4) is 0 Å². The lowest BCUT2D eigenvalue weighted by Crippen LogP contribution is -2.37. The third kappa shape index (κ3) is 3.09. The van der Waals surface area contributed by atoms with Crippen LogP contribution in [-0.4, -0.2) is 29.9 Å². The summed E-state index contributed by atoms with van der Waals surface area (Å²) in [7, 11) is 0. The van der Waals surface area contributed by atoms with Crippen molar-refractivity contribution in [2.75, 3.05) is 13.1 Å². The maximum absolute atomic E-state index is 12.7. The van der Waals surface area contributed by atoms with E-state index in [9.17, 15) is 4.79 Å². The number of amides is 1. The Balaban J connectivity index is 0.00000161. The molecule has 3 nitrogen and oxygen atoms in total. The number of nitrogens with zero attached hydrogens (tertiary/aromatic N) is 1. The summed E-state index contributed by atoms with van der Waals surface area (Å²) in [6.07, 6.45) is 4.27. The van der Waals surface area contributed by atoms with E-state index in [2.05, 4.69) is 19.1 Å². The van der Waals surface area contributed by atoms with Crippen LogP contribution in [0, 0.1) is 5.41 Å². The minimum Gasteiger partial charge on any atom is -0.340 e. The molecule has 21 heavy (non-hydrogen) atoms. The smallest absolute Gasteiger partial charge is 0.228 e. The molecule has 3 rings (SSSR count). The quantitative estimate of drug-likeness (QED) is 0.929. The fraction of sp³-hybridized carbons (Fsp3) is 0.588. The zero-order valence-corrected chi connectivity index (χ0v) is 13.4. The molecule has 1 aromatic carbocycles. The number of hydrogen-bond donors (Lipinski definition) is 1. The van der Waals surface area contributed by atoms with Crippen LogP contribution in [0.15, 0.2) is 30.3 Å². The monoisotopic (exact) mass is 308 g/mol. The summed E-state index contributed by atoms with van der Waals surface area (Å²) in [5.74, 6) is 0.644. The van der Waals surface area contributed by atoms with E-state index in [0.29, 0.717) is 12.5 Å². The van der Waals surface area contributed by atoms with Gasteiger partial charge in [-0.1, -0.05) is 43.7 Å². The Morgan fingerprint density at radius 3 is 2.52 bits per heavy atom. The molecule has 0 radical (unpaired) electrons. The van der Waals surface area contributed by atoms with E-state index in [1.807, 2.05) is 23.1 Å². The summed E-state index contributed by atoms with van der Waals surface area (Å²) in [6, 6.07) is 10.4. The van der Waals surface area contributed by atoms with Crippen LogP contribution >= 0.6 is 12.4 Å². The predicted octanol–water partition coefficient (Wildman–Crippen LogP) is 2.94. The number of rotatable bonds is 4. The first-order valence-corrected chi connectivity index (χ1v) is 7.76. The van der Waals surface area contributed by atoms with Gasteiger partial charge >= 0.3 is 0 Å². The molecule has 1 amide bonds. The van der Waals surface area contributed by atoms with Gasteiger partial charge in [-0.3, -0.25) is 4.79 Å². The van der Waals surface area contributed by atoms with Crippen molar-refractivity contribution in [2.24, 2.45) is 11.1 Å². The third-order valence-electron chi connectivity index (χ3n) is 4.92. The summed E-state index contributed by atoms with van der Waals surface area (Å²) < 4.78 is 0. The van der Waals surface area contributed by atoms with E-state index < -0.39 is 0 Å². The van der Waals surface area contributed by atoms with E-state index in [1.54, 1.807) is 0 Å². The molecule has 1 aromatic rings. The Bertz CT molecular complexity index is 487. The molecular weight excluding hydrogens is 284 g/mol. The zero-order valence-electron chi connectivity index (χ0n) is 12.6. The van der Waals surface area contributed by atoms with Crippen molar-refractivity contribution in [3.8, 4) is 0 Å².